The summed E-state index contributed by atoms with van der Waals surface area (Å²) in [6.07, 6.45) is 4.78. The summed E-state index contributed by atoms with van der Waals surface area (Å²) in [7, 11) is 0. The number of H-pyrrole nitrogens is 1. The Morgan fingerprint density at radius 3 is 2.72 bits per heavy atom. The maximum atomic E-state index is 12.9. The Labute approximate surface area is 168 Å². The van der Waals surface area contributed by atoms with Gasteiger partial charge in [-0.1, -0.05) is 6.07 Å². The summed E-state index contributed by atoms with van der Waals surface area (Å²) >= 11 is 0. The zero-order chi connectivity index (χ0) is 20.0. The highest BCUT2D eigenvalue weighted by Gasteiger charge is 2.26. The van der Waals surface area contributed by atoms with Gasteiger partial charge in [0.1, 0.15) is 11.0 Å². The topological polar surface area (TPSA) is 88.5 Å². The largest absolute Gasteiger partial charge is 0.345 e. The van der Waals surface area contributed by atoms with Gasteiger partial charge in [-0.05, 0) is 74.6 Å². The molecule has 7 nitrogen and oxygen atoms in total. The van der Waals surface area contributed by atoms with Crippen molar-refractivity contribution in [1.82, 2.24) is 30.5 Å². The molecule has 0 aliphatic heterocycles. The predicted octanol–water partition coefficient (Wildman–Crippen LogP) is 3.57. The van der Waals surface area contributed by atoms with Crippen LogP contribution < -0.4 is 5.32 Å². The Kier molecular flexibility index (Phi) is 4.16. The van der Waals surface area contributed by atoms with Crippen LogP contribution in [0, 0.1) is 13.8 Å². The lowest BCUT2D eigenvalue weighted by Crippen LogP contribution is -2.31. The average molecular weight is 386 g/mol. The van der Waals surface area contributed by atoms with Gasteiger partial charge in [0, 0.05) is 16.8 Å². The van der Waals surface area contributed by atoms with Gasteiger partial charge in [-0.25, -0.2) is 4.68 Å². The van der Waals surface area contributed by atoms with Crippen LogP contribution in [0.2, 0.25) is 0 Å². The molecule has 2 N–H and O–H groups in total. The number of hydrogen-bond donors (Lipinski definition) is 2. The quantitative estimate of drug-likeness (QED) is 0.563. The van der Waals surface area contributed by atoms with Gasteiger partial charge in [-0.3, -0.25) is 4.79 Å². The van der Waals surface area contributed by atoms with E-state index in [0.29, 0.717) is 11.1 Å². The Bertz CT molecular complexity index is 1200. The maximum Gasteiger partial charge on any atom is 0.251 e. The van der Waals surface area contributed by atoms with E-state index in [1.54, 1.807) is 18.2 Å². The molecule has 4 aromatic rings. The van der Waals surface area contributed by atoms with Gasteiger partial charge in [0.15, 0.2) is 0 Å². The fourth-order valence-corrected chi connectivity index (χ4v) is 4.23. The van der Waals surface area contributed by atoms with Gasteiger partial charge in [-0.15, -0.1) is 0 Å². The minimum Gasteiger partial charge on any atom is -0.345 e. The minimum atomic E-state index is -0.105. The number of benzene rings is 2. The number of nitrogens with zero attached hydrogens (tertiary/aromatic N) is 4. The number of hydrogen-bond acceptors (Lipinski definition) is 4. The van der Waals surface area contributed by atoms with E-state index in [9.17, 15) is 4.79 Å². The first-order valence-electron chi connectivity index (χ1n) is 9.85. The summed E-state index contributed by atoms with van der Waals surface area (Å²) in [5.41, 5.74) is 7.80. The van der Waals surface area contributed by atoms with Gasteiger partial charge in [0.25, 0.3) is 5.91 Å². The lowest BCUT2D eigenvalue weighted by atomic mass is 9.92. The van der Waals surface area contributed by atoms with Crippen molar-refractivity contribution in [3.05, 3.63) is 70.5 Å². The van der Waals surface area contributed by atoms with E-state index in [-0.39, 0.29) is 11.9 Å². The first-order chi connectivity index (χ1) is 14.1. The monoisotopic (exact) mass is 386 g/mol. The molecule has 0 bridgehead atoms. The minimum absolute atomic E-state index is 0.0427. The molecule has 7 heteroatoms. The van der Waals surface area contributed by atoms with E-state index in [4.69, 9.17) is 0 Å². The first-order valence-corrected chi connectivity index (χ1v) is 9.85. The fraction of sp³-hybridized carbons (Fsp3) is 0.273. The second-order valence-corrected chi connectivity index (χ2v) is 7.75. The summed E-state index contributed by atoms with van der Waals surface area (Å²) in [5, 5.41) is 18.5. The molecule has 0 saturated carbocycles. The number of carbonyl (C=O) groups is 1. The summed E-state index contributed by atoms with van der Waals surface area (Å²) in [6, 6.07) is 11.8. The molecule has 2 aromatic carbocycles. The van der Waals surface area contributed by atoms with Crippen LogP contribution in [0.5, 0.6) is 0 Å². The van der Waals surface area contributed by atoms with Crippen LogP contribution in [0.25, 0.3) is 16.7 Å². The molecule has 0 saturated heterocycles. The second-order valence-electron chi connectivity index (χ2n) is 7.75. The van der Waals surface area contributed by atoms with Crippen molar-refractivity contribution in [2.24, 2.45) is 0 Å². The molecule has 0 radical (unpaired) electrons. The van der Waals surface area contributed by atoms with Gasteiger partial charge in [-0.2, -0.15) is 20.5 Å². The van der Waals surface area contributed by atoms with Crippen LogP contribution in [-0.4, -0.2) is 31.1 Å². The van der Waals surface area contributed by atoms with Gasteiger partial charge >= 0.3 is 0 Å². The Morgan fingerprint density at radius 2 is 1.90 bits per heavy atom. The number of aromatic nitrogens is 5. The van der Waals surface area contributed by atoms with Crippen molar-refractivity contribution in [1.29, 1.82) is 0 Å². The zero-order valence-corrected chi connectivity index (χ0v) is 16.4. The highest BCUT2D eigenvalue weighted by molar-refractivity contribution is 5.97. The van der Waals surface area contributed by atoms with Crippen LogP contribution in [0.1, 0.15) is 51.6 Å². The van der Waals surface area contributed by atoms with E-state index >= 15 is 0 Å². The number of amides is 1. The van der Waals surface area contributed by atoms with Crippen LogP contribution in [0.4, 0.5) is 0 Å². The number of nitrogens with one attached hydrogen (secondary N) is 2. The van der Waals surface area contributed by atoms with E-state index < -0.39 is 0 Å². The molecular formula is C22H22N6O. The fourth-order valence-electron chi connectivity index (χ4n) is 4.23. The van der Waals surface area contributed by atoms with Crippen molar-refractivity contribution in [3.63, 3.8) is 0 Å². The van der Waals surface area contributed by atoms with Crippen molar-refractivity contribution < 1.29 is 4.79 Å². The predicted molar refractivity (Wildman–Crippen MR) is 110 cm³/mol. The highest BCUT2D eigenvalue weighted by atomic mass is 16.1. The Hall–Kier alpha value is -3.48. The third kappa shape index (κ3) is 3.18. The van der Waals surface area contributed by atoms with E-state index in [1.807, 2.05) is 10.9 Å². The SMILES string of the molecule is Cc1cc(C)cc(-n2ncc3c2CCC[C@H]3NC(=O)c2ccc3n[nH]nc3c2)c1. The number of aryl methyl sites for hydroxylation is 2. The third-order valence-corrected chi connectivity index (χ3v) is 5.52. The molecule has 5 rings (SSSR count). The molecule has 0 spiro atoms. The van der Waals surface area contributed by atoms with Crippen molar-refractivity contribution >= 4 is 16.9 Å². The maximum absolute atomic E-state index is 12.9. The summed E-state index contributed by atoms with van der Waals surface area (Å²) in [4.78, 5) is 12.9. The zero-order valence-electron chi connectivity index (χ0n) is 16.4. The van der Waals surface area contributed by atoms with Crippen LogP contribution >= 0.6 is 0 Å². The lowest BCUT2D eigenvalue weighted by Gasteiger charge is -2.24. The number of carbonyl (C=O) groups excluding carboxylic acids is 1. The van der Waals surface area contributed by atoms with Crippen molar-refractivity contribution in [3.8, 4) is 5.69 Å². The van der Waals surface area contributed by atoms with Gasteiger partial charge in [0.2, 0.25) is 0 Å². The highest BCUT2D eigenvalue weighted by Crippen LogP contribution is 2.31. The summed E-state index contributed by atoms with van der Waals surface area (Å²) in [6.45, 7) is 4.20. The molecule has 1 atom stereocenters. The van der Waals surface area contributed by atoms with Crippen LogP contribution in [-0.2, 0) is 6.42 Å². The Balaban J connectivity index is 1.43. The molecular weight excluding hydrogens is 364 g/mol. The van der Waals surface area contributed by atoms with E-state index in [0.717, 1.165) is 36.0 Å². The summed E-state index contributed by atoms with van der Waals surface area (Å²) < 4.78 is 2.02. The molecule has 146 valence electrons. The van der Waals surface area contributed by atoms with E-state index in [2.05, 4.69) is 57.9 Å². The van der Waals surface area contributed by atoms with Crippen LogP contribution in [0.3, 0.4) is 0 Å². The average Bonchev–Trinajstić information content (AvgIpc) is 3.34. The second kappa shape index (κ2) is 6.84. The standard InChI is InChI=1S/C22H22N6O/c1-13-8-14(2)10-16(9-13)28-21-5-3-4-18(17(21)12-23-28)24-22(29)15-6-7-19-20(11-15)26-27-25-19/h6-12,18H,3-5H2,1-2H3,(H,24,29)(H,25,26,27)/t18-/m1/s1. The number of fused-ring (bicyclic) bond motifs is 2. The molecule has 29 heavy (non-hydrogen) atoms. The van der Waals surface area contributed by atoms with Crippen molar-refractivity contribution in [2.75, 3.05) is 0 Å². The molecule has 1 amide bonds. The van der Waals surface area contributed by atoms with Gasteiger partial charge < -0.3 is 5.32 Å². The summed E-state index contributed by atoms with van der Waals surface area (Å²) in [5.74, 6) is -0.105. The third-order valence-electron chi connectivity index (χ3n) is 5.52. The molecule has 2 aromatic heterocycles. The van der Waals surface area contributed by atoms with Crippen molar-refractivity contribution in [2.45, 2.75) is 39.2 Å². The number of aromatic amines is 1. The normalized spacial score (nSPS) is 16.0. The van der Waals surface area contributed by atoms with E-state index in [1.165, 1.54) is 16.8 Å². The molecule has 0 fully saturated rings. The van der Waals surface area contributed by atoms with Crippen LogP contribution in [0.15, 0.2) is 42.6 Å². The first kappa shape index (κ1) is 17.6. The smallest absolute Gasteiger partial charge is 0.251 e. The van der Waals surface area contributed by atoms with Gasteiger partial charge in [0.05, 0.1) is 17.9 Å². The molecule has 0 unspecified atom stereocenters. The number of rotatable bonds is 3. The molecule has 2 heterocycles. The molecule has 1 aliphatic carbocycles. The lowest BCUT2D eigenvalue weighted by molar-refractivity contribution is 0.0933. The molecule has 1 aliphatic rings. The Morgan fingerprint density at radius 1 is 1.10 bits per heavy atom.